The topological polar surface area (TPSA) is 0 Å². The zero-order valence-corrected chi connectivity index (χ0v) is 15.1. The third-order valence-electron chi connectivity index (χ3n) is 4.50. The van der Waals surface area contributed by atoms with E-state index in [9.17, 15) is 0 Å². The Kier molecular flexibility index (Phi) is 6.07. The van der Waals surface area contributed by atoms with E-state index in [1.54, 1.807) is 0 Å². The predicted octanol–water partition coefficient (Wildman–Crippen LogP) is 6.31. The molecular formula is C26H20B. The van der Waals surface area contributed by atoms with E-state index < -0.39 is 0 Å². The van der Waals surface area contributed by atoms with Gasteiger partial charge >= 0.3 is 0 Å². The summed E-state index contributed by atoms with van der Waals surface area (Å²) in [5, 5.41) is 0. The molecule has 127 valence electrons. The molecule has 0 bridgehead atoms. The Bertz CT molecular complexity index is 821. The molecule has 0 heterocycles. The van der Waals surface area contributed by atoms with Crippen molar-refractivity contribution in [2.24, 2.45) is 0 Å². The Morgan fingerprint density at radius 2 is 0.481 bits per heavy atom. The van der Waals surface area contributed by atoms with Gasteiger partial charge in [0.15, 0.2) is 0 Å². The molecule has 3 radical (unpaired) electrons. The second-order valence-electron chi connectivity index (χ2n) is 6.21. The fraction of sp³-hybridized carbons (Fsp3) is 0. The summed E-state index contributed by atoms with van der Waals surface area (Å²) < 4.78 is 0. The van der Waals surface area contributed by atoms with Crippen molar-refractivity contribution < 1.29 is 0 Å². The second kappa shape index (κ2) is 8.87. The maximum atomic E-state index is 2.19. The molecular weight excluding hydrogens is 323 g/mol. The van der Waals surface area contributed by atoms with Crippen LogP contribution < -0.4 is 0 Å². The molecule has 0 amide bonds. The van der Waals surface area contributed by atoms with Gasteiger partial charge in [0.05, 0.1) is 0 Å². The van der Waals surface area contributed by atoms with Gasteiger partial charge in [0.25, 0.3) is 0 Å². The molecule has 4 rings (SSSR count). The van der Waals surface area contributed by atoms with Crippen molar-refractivity contribution >= 4 is 19.6 Å². The Hall–Kier alpha value is -3.32. The van der Waals surface area contributed by atoms with Crippen LogP contribution in [0, 0.1) is 0 Å². The van der Waals surface area contributed by atoms with Gasteiger partial charge in [0, 0.05) is 8.41 Å². The van der Waals surface area contributed by atoms with Crippen molar-refractivity contribution in [2.45, 2.75) is 0 Å². The average molecular weight is 343 g/mol. The average Bonchev–Trinajstić information content (AvgIpc) is 2.74. The lowest BCUT2D eigenvalue weighted by molar-refractivity contribution is 1.50. The van der Waals surface area contributed by atoms with Gasteiger partial charge in [-0.3, -0.25) is 0 Å². The normalized spacial score (nSPS) is 9.93. The van der Waals surface area contributed by atoms with E-state index in [0.717, 1.165) is 0 Å². The van der Waals surface area contributed by atoms with Crippen LogP contribution in [0.15, 0.2) is 121 Å². The van der Waals surface area contributed by atoms with Crippen LogP contribution in [0.2, 0.25) is 0 Å². The van der Waals surface area contributed by atoms with Crippen LogP contribution in [0.4, 0.5) is 0 Å². The Balaban J connectivity index is 0.00000210. The Morgan fingerprint density at radius 1 is 0.296 bits per heavy atom. The summed E-state index contributed by atoms with van der Waals surface area (Å²) in [6.45, 7) is 0. The van der Waals surface area contributed by atoms with Gasteiger partial charge in [-0.1, -0.05) is 121 Å². The molecule has 0 atom stereocenters. The summed E-state index contributed by atoms with van der Waals surface area (Å²) in [7, 11) is 0. The first-order valence-corrected chi connectivity index (χ1v) is 8.89. The Labute approximate surface area is 163 Å². The predicted molar refractivity (Wildman–Crippen MR) is 117 cm³/mol. The van der Waals surface area contributed by atoms with E-state index in [1.807, 2.05) is 0 Å². The number of hydrogen-bond acceptors (Lipinski definition) is 0. The molecule has 0 saturated heterocycles. The maximum absolute atomic E-state index is 2.19. The van der Waals surface area contributed by atoms with Gasteiger partial charge in [-0.15, -0.1) is 0 Å². The first-order chi connectivity index (χ1) is 12.9. The first kappa shape index (κ1) is 18.5. The molecule has 0 saturated carbocycles. The Morgan fingerprint density at radius 3 is 0.667 bits per heavy atom. The van der Waals surface area contributed by atoms with E-state index in [4.69, 9.17) is 0 Å². The van der Waals surface area contributed by atoms with Crippen LogP contribution >= 0.6 is 0 Å². The van der Waals surface area contributed by atoms with E-state index in [0.29, 0.717) is 0 Å². The van der Waals surface area contributed by atoms with Crippen molar-refractivity contribution in [2.75, 3.05) is 0 Å². The fourth-order valence-corrected chi connectivity index (χ4v) is 3.33. The highest BCUT2D eigenvalue weighted by atomic mass is 14.2. The zero-order valence-electron chi connectivity index (χ0n) is 15.1. The van der Waals surface area contributed by atoms with Gasteiger partial charge in [-0.2, -0.15) is 0 Å². The highest BCUT2D eigenvalue weighted by Gasteiger charge is 2.15. The molecule has 0 aliphatic heterocycles. The van der Waals surface area contributed by atoms with Crippen LogP contribution in [0.1, 0.15) is 22.3 Å². The van der Waals surface area contributed by atoms with Gasteiger partial charge < -0.3 is 0 Å². The lowest BCUT2D eigenvalue weighted by Crippen LogP contribution is -1.97. The lowest BCUT2D eigenvalue weighted by Gasteiger charge is -2.18. The minimum Gasteiger partial charge on any atom is -0.0622 e. The molecule has 0 aliphatic rings. The molecule has 4 aromatic carbocycles. The fourth-order valence-electron chi connectivity index (χ4n) is 3.33. The molecule has 0 spiro atoms. The smallest absolute Gasteiger partial charge is 0 e. The standard InChI is InChI=1S/C26H20.B/c1-5-13-21(14-6-1)25(22-15-7-2-8-16-22)26(23-17-9-3-10-18-23)24-19-11-4-12-20-24;/h1-20H;. The van der Waals surface area contributed by atoms with Crippen LogP contribution in [0.3, 0.4) is 0 Å². The van der Waals surface area contributed by atoms with Crippen molar-refractivity contribution in [3.05, 3.63) is 144 Å². The SMILES string of the molecule is [B].c1ccc(C(=C(c2ccccc2)c2ccccc2)c2ccccc2)cc1. The van der Waals surface area contributed by atoms with Crippen LogP contribution in [-0.4, -0.2) is 8.41 Å². The molecule has 1 heteroatoms. The summed E-state index contributed by atoms with van der Waals surface area (Å²) >= 11 is 0. The summed E-state index contributed by atoms with van der Waals surface area (Å²) in [5.74, 6) is 0. The number of hydrogen-bond donors (Lipinski definition) is 0. The van der Waals surface area contributed by atoms with Crippen LogP contribution in [0.25, 0.3) is 11.1 Å². The number of rotatable bonds is 4. The van der Waals surface area contributed by atoms with Gasteiger partial charge in [0.2, 0.25) is 0 Å². The minimum absolute atomic E-state index is 0. The van der Waals surface area contributed by atoms with Gasteiger partial charge in [-0.25, -0.2) is 0 Å². The van der Waals surface area contributed by atoms with Gasteiger partial charge in [-0.05, 0) is 33.4 Å². The van der Waals surface area contributed by atoms with Crippen LogP contribution in [-0.2, 0) is 0 Å². The third-order valence-corrected chi connectivity index (χ3v) is 4.50. The molecule has 0 aromatic heterocycles. The molecule has 0 aliphatic carbocycles. The largest absolute Gasteiger partial charge is 0.0622 e. The van der Waals surface area contributed by atoms with E-state index in [-0.39, 0.29) is 8.41 Å². The highest BCUT2D eigenvalue weighted by molar-refractivity contribution is 6.04. The van der Waals surface area contributed by atoms with E-state index in [2.05, 4.69) is 121 Å². The van der Waals surface area contributed by atoms with Crippen molar-refractivity contribution in [1.82, 2.24) is 0 Å². The zero-order chi connectivity index (χ0) is 17.6. The molecule has 0 unspecified atom stereocenters. The first-order valence-electron chi connectivity index (χ1n) is 8.89. The van der Waals surface area contributed by atoms with Crippen molar-refractivity contribution in [3.63, 3.8) is 0 Å². The molecule has 4 aromatic rings. The highest BCUT2D eigenvalue weighted by Crippen LogP contribution is 2.36. The quantitative estimate of drug-likeness (QED) is 0.301. The van der Waals surface area contributed by atoms with Gasteiger partial charge in [0.1, 0.15) is 0 Å². The maximum Gasteiger partial charge on any atom is 0 e. The minimum atomic E-state index is 0. The summed E-state index contributed by atoms with van der Waals surface area (Å²) in [4.78, 5) is 0. The molecule has 27 heavy (non-hydrogen) atoms. The summed E-state index contributed by atoms with van der Waals surface area (Å²) in [5.41, 5.74) is 7.40. The molecule has 0 nitrogen and oxygen atoms in total. The lowest BCUT2D eigenvalue weighted by atomic mass is 9.86. The number of benzene rings is 4. The summed E-state index contributed by atoms with van der Waals surface area (Å²) in [6, 6.07) is 42.6. The van der Waals surface area contributed by atoms with Crippen molar-refractivity contribution in [1.29, 1.82) is 0 Å². The molecule has 0 fully saturated rings. The molecule has 0 N–H and O–H groups in total. The van der Waals surface area contributed by atoms with E-state index >= 15 is 0 Å². The third kappa shape index (κ3) is 4.10. The monoisotopic (exact) mass is 343 g/mol. The van der Waals surface area contributed by atoms with Crippen LogP contribution in [0.5, 0.6) is 0 Å². The van der Waals surface area contributed by atoms with Crippen molar-refractivity contribution in [3.8, 4) is 0 Å². The van der Waals surface area contributed by atoms with E-state index in [1.165, 1.54) is 33.4 Å². The second-order valence-corrected chi connectivity index (χ2v) is 6.21. The summed E-state index contributed by atoms with van der Waals surface area (Å²) in [6.07, 6.45) is 0.